The Labute approximate surface area is 185 Å². The second-order valence-electron chi connectivity index (χ2n) is 9.10. The molecule has 2 heterocycles. The number of hydrogen-bond donors (Lipinski definition) is 2. The van der Waals surface area contributed by atoms with Gasteiger partial charge >= 0.3 is 11.8 Å². The Kier molecular flexibility index (Phi) is 7.45. The van der Waals surface area contributed by atoms with E-state index in [1.54, 1.807) is 0 Å². The summed E-state index contributed by atoms with van der Waals surface area (Å²) in [7, 11) is 2.14. The van der Waals surface area contributed by atoms with Crippen LogP contribution in [0.3, 0.4) is 0 Å². The summed E-state index contributed by atoms with van der Waals surface area (Å²) in [4.78, 5) is 29.6. The first-order valence-electron chi connectivity index (χ1n) is 11.9. The van der Waals surface area contributed by atoms with Crippen LogP contribution in [0.25, 0.3) is 0 Å². The highest BCUT2D eigenvalue weighted by Crippen LogP contribution is 2.31. The van der Waals surface area contributed by atoms with E-state index < -0.39 is 11.8 Å². The van der Waals surface area contributed by atoms with Gasteiger partial charge < -0.3 is 20.3 Å². The average molecular weight is 429 g/mol. The minimum Gasteiger partial charge on any atom is -0.379 e. The number of anilines is 1. The van der Waals surface area contributed by atoms with E-state index in [1.807, 2.05) is 0 Å². The molecule has 1 aromatic carbocycles. The van der Waals surface area contributed by atoms with Crippen molar-refractivity contribution in [2.45, 2.75) is 57.0 Å². The molecule has 2 N–H and O–H groups in total. The highest BCUT2D eigenvalue weighted by atomic mass is 16.5. The molecule has 1 saturated heterocycles. The minimum absolute atomic E-state index is 0.0351. The van der Waals surface area contributed by atoms with Crippen LogP contribution in [0.5, 0.6) is 0 Å². The highest BCUT2D eigenvalue weighted by molar-refractivity contribution is 6.35. The Morgan fingerprint density at radius 3 is 2.61 bits per heavy atom. The number of nitrogens with one attached hydrogen (secondary N) is 2. The number of benzene rings is 1. The fourth-order valence-electron chi connectivity index (χ4n) is 5.13. The number of rotatable bonds is 5. The average Bonchev–Trinajstić information content (AvgIpc) is 2.80. The first-order chi connectivity index (χ1) is 15.1. The van der Waals surface area contributed by atoms with Crippen molar-refractivity contribution in [1.29, 1.82) is 0 Å². The minimum atomic E-state index is -0.526. The van der Waals surface area contributed by atoms with Gasteiger partial charge in [0, 0.05) is 45.0 Å². The number of ether oxygens (including phenoxy) is 1. The van der Waals surface area contributed by atoms with Gasteiger partial charge in [0.25, 0.3) is 0 Å². The molecule has 1 aliphatic carbocycles. The van der Waals surface area contributed by atoms with E-state index in [9.17, 15) is 9.59 Å². The summed E-state index contributed by atoms with van der Waals surface area (Å²) in [5.41, 5.74) is 3.86. The van der Waals surface area contributed by atoms with Crippen LogP contribution in [0.4, 0.5) is 5.69 Å². The first-order valence-corrected chi connectivity index (χ1v) is 11.9. The lowest BCUT2D eigenvalue weighted by molar-refractivity contribution is -0.140. The van der Waals surface area contributed by atoms with Crippen LogP contribution < -0.4 is 15.5 Å². The lowest BCUT2D eigenvalue weighted by atomic mass is 9.95. The predicted molar refractivity (Wildman–Crippen MR) is 121 cm³/mol. The van der Waals surface area contributed by atoms with Gasteiger partial charge in [-0.2, -0.15) is 0 Å². The molecule has 0 spiro atoms. The molecule has 4 rings (SSSR count). The molecule has 2 amide bonds. The fourth-order valence-corrected chi connectivity index (χ4v) is 5.13. The maximum absolute atomic E-state index is 12.5. The number of aryl methyl sites for hydroxylation is 1. The molecular weight excluding hydrogens is 392 g/mol. The number of nitrogens with zero attached hydrogens (tertiary/aromatic N) is 2. The van der Waals surface area contributed by atoms with Crippen LogP contribution in [-0.4, -0.2) is 69.2 Å². The molecule has 1 unspecified atom stereocenters. The van der Waals surface area contributed by atoms with Gasteiger partial charge in [0.15, 0.2) is 0 Å². The van der Waals surface area contributed by atoms with Crippen LogP contribution >= 0.6 is 0 Å². The van der Waals surface area contributed by atoms with E-state index in [0.29, 0.717) is 19.8 Å². The predicted octanol–water partition coefficient (Wildman–Crippen LogP) is 2.01. The van der Waals surface area contributed by atoms with Gasteiger partial charge in [-0.15, -0.1) is 0 Å². The number of amides is 2. The fraction of sp³-hybridized carbons (Fsp3) is 0.667. The number of carbonyl (C=O) groups excluding carboxylic acids is 2. The molecule has 31 heavy (non-hydrogen) atoms. The van der Waals surface area contributed by atoms with Crippen LogP contribution in [0.15, 0.2) is 18.2 Å². The van der Waals surface area contributed by atoms with Crippen molar-refractivity contribution in [3.8, 4) is 0 Å². The molecule has 1 saturated carbocycles. The number of morpholine rings is 1. The Bertz CT molecular complexity index is 772. The first kappa shape index (κ1) is 22.1. The molecule has 1 aromatic rings. The standard InChI is InChI=1S/C24H36N4O3/c1-27-11-5-6-18-16-19(9-10-21(18)27)22(28-12-14-31-15-13-28)17-25-23(29)24(30)26-20-7-3-2-4-8-20/h9-10,16,20,22H,2-8,11-15,17H2,1H3,(H,25,29)(H,26,30). The van der Waals surface area contributed by atoms with E-state index in [-0.39, 0.29) is 12.1 Å². The second kappa shape index (κ2) is 10.5. The van der Waals surface area contributed by atoms with Crippen molar-refractivity contribution < 1.29 is 14.3 Å². The van der Waals surface area contributed by atoms with Crippen LogP contribution in [0.2, 0.25) is 0 Å². The van der Waals surface area contributed by atoms with E-state index >= 15 is 0 Å². The van der Waals surface area contributed by atoms with Gasteiger partial charge in [-0.25, -0.2) is 0 Å². The van der Waals surface area contributed by atoms with Crippen molar-refractivity contribution in [3.63, 3.8) is 0 Å². The second-order valence-corrected chi connectivity index (χ2v) is 9.10. The van der Waals surface area contributed by atoms with Gasteiger partial charge in [-0.05, 0) is 42.9 Å². The lowest BCUT2D eigenvalue weighted by Crippen LogP contribution is -2.48. The molecule has 170 valence electrons. The lowest BCUT2D eigenvalue weighted by Gasteiger charge is -2.36. The van der Waals surface area contributed by atoms with Gasteiger partial charge in [-0.3, -0.25) is 14.5 Å². The summed E-state index contributed by atoms with van der Waals surface area (Å²) < 4.78 is 5.54. The quantitative estimate of drug-likeness (QED) is 0.702. The van der Waals surface area contributed by atoms with Crippen LogP contribution in [0, 0.1) is 0 Å². The normalized spacial score (nSPS) is 21.3. The Morgan fingerprint density at radius 1 is 1.06 bits per heavy atom. The Morgan fingerprint density at radius 2 is 1.84 bits per heavy atom. The smallest absolute Gasteiger partial charge is 0.309 e. The molecule has 2 fully saturated rings. The molecule has 7 nitrogen and oxygen atoms in total. The topological polar surface area (TPSA) is 73.9 Å². The summed E-state index contributed by atoms with van der Waals surface area (Å²) in [6.07, 6.45) is 7.65. The Balaban J connectivity index is 1.43. The van der Waals surface area contributed by atoms with Gasteiger partial charge in [-0.1, -0.05) is 31.4 Å². The molecule has 0 aromatic heterocycles. The zero-order valence-corrected chi connectivity index (χ0v) is 18.7. The molecule has 2 aliphatic heterocycles. The van der Waals surface area contributed by atoms with Crippen molar-refractivity contribution in [3.05, 3.63) is 29.3 Å². The van der Waals surface area contributed by atoms with Crippen molar-refractivity contribution >= 4 is 17.5 Å². The largest absolute Gasteiger partial charge is 0.379 e. The van der Waals surface area contributed by atoms with Gasteiger partial charge in [0.2, 0.25) is 0 Å². The third-order valence-electron chi connectivity index (χ3n) is 6.93. The maximum atomic E-state index is 12.5. The van der Waals surface area contributed by atoms with Crippen LogP contribution in [0.1, 0.15) is 55.7 Å². The van der Waals surface area contributed by atoms with Gasteiger partial charge in [0.1, 0.15) is 0 Å². The van der Waals surface area contributed by atoms with E-state index in [4.69, 9.17) is 4.74 Å². The molecule has 3 aliphatic rings. The molecular formula is C24H36N4O3. The zero-order chi connectivity index (χ0) is 21.6. The third-order valence-corrected chi connectivity index (χ3v) is 6.93. The molecule has 7 heteroatoms. The van der Waals surface area contributed by atoms with E-state index in [0.717, 1.165) is 58.2 Å². The van der Waals surface area contributed by atoms with Gasteiger partial charge in [0.05, 0.1) is 19.3 Å². The number of hydrogen-bond acceptors (Lipinski definition) is 5. The monoisotopic (exact) mass is 428 g/mol. The summed E-state index contributed by atoms with van der Waals surface area (Å²) in [6.45, 7) is 4.55. The summed E-state index contributed by atoms with van der Waals surface area (Å²) in [5, 5.41) is 5.83. The summed E-state index contributed by atoms with van der Waals surface area (Å²) in [6, 6.07) is 6.84. The van der Waals surface area contributed by atoms with Crippen molar-refractivity contribution in [1.82, 2.24) is 15.5 Å². The molecule has 1 atom stereocenters. The zero-order valence-electron chi connectivity index (χ0n) is 18.7. The third kappa shape index (κ3) is 5.57. The van der Waals surface area contributed by atoms with Crippen molar-refractivity contribution in [2.24, 2.45) is 0 Å². The Hall–Kier alpha value is -2.12. The van der Waals surface area contributed by atoms with Crippen molar-refractivity contribution in [2.75, 3.05) is 51.3 Å². The summed E-state index contributed by atoms with van der Waals surface area (Å²) >= 11 is 0. The summed E-state index contributed by atoms with van der Waals surface area (Å²) in [5.74, 6) is -1.03. The maximum Gasteiger partial charge on any atom is 0.309 e. The van der Waals surface area contributed by atoms with Crippen LogP contribution in [-0.2, 0) is 20.7 Å². The molecule has 0 radical (unpaired) electrons. The van der Waals surface area contributed by atoms with E-state index in [1.165, 1.54) is 23.2 Å². The highest BCUT2D eigenvalue weighted by Gasteiger charge is 2.27. The number of fused-ring (bicyclic) bond motifs is 1. The molecule has 0 bridgehead atoms. The SMILES string of the molecule is CN1CCCc2cc(C(CNC(=O)C(=O)NC3CCCCC3)N3CCOCC3)ccc21. The number of carbonyl (C=O) groups is 2. The van der Waals surface area contributed by atoms with E-state index in [2.05, 4.69) is 45.7 Å².